The summed E-state index contributed by atoms with van der Waals surface area (Å²) in [5, 5.41) is 4.00. The summed E-state index contributed by atoms with van der Waals surface area (Å²) in [5.74, 6) is 0.499. The van der Waals surface area contributed by atoms with Crippen molar-refractivity contribution in [1.82, 2.24) is 0 Å². The molecule has 3 rings (SSSR count). The lowest BCUT2D eigenvalue weighted by atomic mass is 10.0. The molecule has 1 amide bonds. The molecular formula is C23H19Cl2NO2S. The van der Waals surface area contributed by atoms with E-state index in [0.29, 0.717) is 39.7 Å². The van der Waals surface area contributed by atoms with Gasteiger partial charge in [-0.3, -0.25) is 9.59 Å². The Hall–Kier alpha value is -2.27. The van der Waals surface area contributed by atoms with Gasteiger partial charge in [-0.2, -0.15) is 0 Å². The molecule has 3 aromatic carbocycles. The number of thioether (sulfide) groups is 1. The number of anilines is 1. The van der Waals surface area contributed by atoms with Gasteiger partial charge in [-0.25, -0.2) is 0 Å². The average molecular weight is 444 g/mol. The van der Waals surface area contributed by atoms with Crippen LogP contribution >= 0.6 is 35.0 Å². The Labute approximate surface area is 184 Å². The van der Waals surface area contributed by atoms with Crippen molar-refractivity contribution in [3.63, 3.8) is 0 Å². The summed E-state index contributed by atoms with van der Waals surface area (Å²) in [6, 6.07) is 21.5. The largest absolute Gasteiger partial charge is 0.325 e. The monoisotopic (exact) mass is 443 g/mol. The molecule has 0 radical (unpaired) electrons. The summed E-state index contributed by atoms with van der Waals surface area (Å²) < 4.78 is 0. The molecule has 0 saturated carbocycles. The van der Waals surface area contributed by atoms with Gasteiger partial charge in [0.25, 0.3) is 0 Å². The van der Waals surface area contributed by atoms with Crippen LogP contribution in [0.2, 0.25) is 10.0 Å². The average Bonchev–Trinajstić information content (AvgIpc) is 2.74. The molecule has 148 valence electrons. The summed E-state index contributed by atoms with van der Waals surface area (Å²) in [7, 11) is 0. The Balaban J connectivity index is 1.58. The number of hydrogen-bond donors (Lipinski definition) is 1. The van der Waals surface area contributed by atoms with Gasteiger partial charge in [-0.1, -0.05) is 53.5 Å². The van der Waals surface area contributed by atoms with E-state index < -0.39 is 0 Å². The van der Waals surface area contributed by atoms with E-state index in [9.17, 15) is 9.59 Å². The van der Waals surface area contributed by atoms with Crippen molar-refractivity contribution >= 4 is 52.3 Å². The number of rotatable bonds is 8. The van der Waals surface area contributed by atoms with Crippen LogP contribution in [0.5, 0.6) is 0 Å². The molecule has 0 aliphatic heterocycles. The summed E-state index contributed by atoms with van der Waals surface area (Å²) in [4.78, 5) is 26.3. The third kappa shape index (κ3) is 6.36. The van der Waals surface area contributed by atoms with Crippen LogP contribution in [-0.2, 0) is 4.79 Å². The fourth-order valence-corrected chi connectivity index (χ4v) is 3.88. The lowest BCUT2D eigenvalue weighted by molar-refractivity contribution is -0.116. The summed E-state index contributed by atoms with van der Waals surface area (Å²) in [5.41, 5.74) is 1.40. The normalized spacial score (nSPS) is 10.6. The SMILES string of the molecule is O=C(CCCSc1ccc(Cl)cc1)Nc1ccc(Cl)cc1C(=O)c1ccccc1. The summed E-state index contributed by atoms with van der Waals surface area (Å²) >= 11 is 13.6. The number of carbonyl (C=O) groups is 2. The van der Waals surface area contributed by atoms with E-state index in [1.807, 2.05) is 30.3 Å². The number of amides is 1. The Bertz CT molecular complexity index is 992. The summed E-state index contributed by atoms with van der Waals surface area (Å²) in [6.07, 6.45) is 1.08. The van der Waals surface area contributed by atoms with Crippen molar-refractivity contribution in [3.05, 3.63) is 94.0 Å². The van der Waals surface area contributed by atoms with Crippen LogP contribution in [0.25, 0.3) is 0 Å². The molecule has 0 saturated heterocycles. The molecule has 3 nitrogen and oxygen atoms in total. The predicted octanol–water partition coefficient (Wildman–Crippen LogP) is 6.74. The highest BCUT2D eigenvalue weighted by molar-refractivity contribution is 7.99. The minimum atomic E-state index is -0.179. The van der Waals surface area contributed by atoms with Gasteiger partial charge >= 0.3 is 0 Å². The zero-order chi connectivity index (χ0) is 20.6. The van der Waals surface area contributed by atoms with Crippen LogP contribution in [0, 0.1) is 0 Å². The molecule has 0 aliphatic rings. The van der Waals surface area contributed by atoms with Crippen molar-refractivity contribution in [2.24, 2.45) is 0 Å². The summed E-state index contributed by atoms with van der Waals surface area (Å²) in [6.45, 7) is 0. The van der Waals surface area contributed by atoms with Gasteiger partial charge in [0, 0.05) is 32.5 Å². The Morgan fingerprint density at radius 1 is 0.862 bits per heavy atom. The van der Waals surface area contributed by atoms with Gasteiger partial charge in [-0.15, -0.1) is 11.8 Å². The molecular weight excluding hydrogens is 425 g/mol. The number of hydrogen-bond acceptors (Lipinski definition) is 3. The maximum Gasteiger partial charge on any atom is 0.224 e. The van der Waals surface area contributed by atoms with Crippen LogP contribution in [0.15, 0.2) is 77.7 Å². The Morgan fingerprint density at radius 2 is 1.55 bits per heavy atom. The van der Waals surface area contributed by atoms with E-state index in [-0.39, 0.29) is 11.7 Å². The highest BCUT2D eigenvalue weighted by atomic mass is 35.5. The molecule has 6 heteroatoms. The standard InChI is InChI=1S/C23H19Cl2NO2S/c24-17-8-11-19(12-9-17)29-14-4-7-22(27)26-21-13-10-18(25)15-20(21)23(28)16-5-2-1-3-6-16/h1-3,5-6,8-13,15H,4,7,14H2,(H,26,27). The fraction of sp³-hybridized carbons (Fsp3) is 0.130. The van der Waals surface area contributed by atoms with Crippen molar-refractivity contribution in [1.29, 1.82) is 0 Å². The Kier molecular flexibility index (Phi) is 7.76. The number of ketones is 1. The van der Waals surface area contributed by atoms with Gasteiger partial charge in [0.1, 0.15) is 0 Å². The van der Waals surface area contributed by atoms with E-state index in [2.05, 4.69) is 5.32 Å². The lowest BCUT2D eigenvalue weighted by Crippen LogP contribution is -2.15. The van der Waals surface area contributed by atoms with Gasteiger partial charge in [0.05, 0.1) is 5.69 Å². The third-order valence-electron chi connectivity index (χ3n) is 4.17. The molecule has 0 unspecified atom stereocenters. The molecule has 0 aliphatic carbocycles. The second-order valence-electron chi connectivity index (χ2n) is 6.34. The molecule has 1 N–H and O–H groups in total. The zero-order valence-electron chi connectivity index (χ0n) is 15.5. The number of benzene rings is 3. The predicted molar refractivity (Wildman–Crippen MR) is 121 cm³/mol. The second-order valence-corrected chi connectivity index (χ2v) is 8.38. The van der Waals surface area contributed by atoms with Crippen LogP contribution in [0.3, 0.4) is 0 Å². The minimum absolute atomic E-state index is 0.133. The maximum absolute atomic E-state index is 12.8. The van der Waals surface area contributed by atoms with Crippen molar-refractivity contribution in [2.75, 3.05) is 11.1 Å². The van der Waals surface area contributed by atoms with Crippen LogP contribution in [0.4, 0.5) is 5.69 Å². The Morgan fingerprint density at radius 3 is 2.28 bits per heavy atom. The first-order valence-electron chi connectivity index (χ1n) is 9.10. The molecule has 0 atom stereocenters. The third-order valence-corrected chi connectivity index (χ3v) is 5.75. The molecule has 0 fully saturated rings. The van der Waals surface area contributed by atoms with E-state index in [0.717, 1.165) is 10.6 Å². The van der Waals surface area contributed by atoms with E-state index >= 15 is 0 Å². The minimum Gasteiger partial charge on any atom is -0.325 e. The van der Waals surface area contributed by atoms with Crippen molar-refractivity contribution in [2.45, 2.75) is 17.7 Å². The zero-order valence-corrected chi connectivity index (χ0v) is 17.9. The molecule has 0 aromatic heterocycles. The molecule has 0 spiro atoms. The second kappa shape index (κ2) is 10.5. The smallest absolute Gasteiger partial charge is 0.224 e. The maximum atomic E-state index is 12.8. The molecule has 0 heterocycles. The topological polar surface area (TPSA) is 46.2 Å². The van der Waals surface area contributed by atoms with Gasteiger partial charge in [0.15, 0.2) is 5.78 Å². The van der Waals surface area contributed by atoms with Crippen LogP contribution < -0.4 is 5.32 Å². The van der Waals surface area contributed by atoms with E-state index in [1.165, 1.54) is 0 Å². The molecule has 0 bridgehead atoms. The number of nitrogens with one attached hydrogen (secondary N) is 1. The quantitative estimate of drug-likeness (QED) is 0.238. The highest BCUT2D eigenvalue weighted by Crippen LogP contribution is 2.25. The molecule has 3 aromatic rings. The fourth-order valence-electron chi connectivity index (χ4n) is 2.72. The first-order valence-corrected chi connectivity index (χ1v) is 10.8. The van der Waals surface area contributed by atoms with Crippen LogP contribution in [-0.4, -0.2) is 17.4 Å². The number of carbonyl (C=O) groups excluding carboxylic acids is 2. The lowest BCUT2D eigenvalue weighted by Gasteiger charge is -2.11. The first kappa shape index (κ1) is 21.4. The van der Waals surface area contributed by atoms with Crippen LogP contribution in [0.1, 0.15) is 28.8 Å². The van der Waals surface area contributed by atoms with Gasteiger partial charge in [-0.05, 0) is 54.6 Å². The van der Waals surface area contributed by atoms with Gasteiger partial charge < -0.3 is 5.32 Å². The highest BCUT2D eigenvalue weighted by Gasteiger charge is 2.16. The van der Waals surface area contributed by atoms with E-state index in [4.69, 9.17) is 23.2 Å². The first-order chi connectivity index (χ1) is 14.0. The number of halogens is 2. The van der Waals surface area contributed by atoms with Crippen molar-refractivity contribution < 1.29 is 9.59 Å². The van der Waals surface area contributed by atoms with Crippen molar-refractivity contribution in [3.8, 4) is 0 Å². The van der Waals surface area contributed by atoms with E-state index in [1.54, 1.807) is 54.2 Å². The van der Waals surface area contributed by atoms with Gasteiger partial charge in [0.2, 0.25) is 5.91 Å². The molecule has 29 heavy (non-hydrogen) atoms.